The molecule has 1 rings (SSSR count). The number of aliphatic hydroxyl groups excluding tert-OH is 1. The lowest BCUT2D eigenvalue weighted by molar-refractivity contribution is 0.132. The summed E-state index contributed by atoms with van der Waals surface area (Å²) in [6, 6.07) is 0. The Morgan fingerprint density at radius 1 is 1.42 bits per heavy atom. The fraction of sp³-hybridized carbons (Fsp3) is 1.00. The summed E-state index contributed by atoms with van der Waals surface area (Å²) in [5, 5.41) is 9.16. The third-order valence-electron chi connectivity index (χ3n) is 2.62. The summed E-state index contributed by atoms with van der Waals surface area (Å²) in [5.74, 6) is 0.897. The van der Waals surface area contributed by atoms with Gasteiger partial charge in [0, 0.05) is 13.1 Å². The Hall–Kier alpha value is -0.0800. The predicted octanol–water partition coefficient (Wildman–Crippen LogP) is 1.49. The first kappa shape index (κ1) is 10.0. The van der Waals surface area contributed by atoms with Crippen molar-refractivity contribution in [3.8, 4) is 0 Å². The lowest BCUT2D eigenvalue weighted by Gasteiger charge is -2.21. The highest BCUT2D eigenvalue weighted by molar-refractivity contribution is 4.70. The van der Waals surface area contributed by atoms with Crippen LogP contribution in [0.3, 0.4) is 0 Å². The van der Waals surface area contributed by atoms with Crippen molar-refractivity contribution >= 4 is 0 Å². The minimum absolute atomic E-state index is 0.184. The fourth-order valence-electron chi connectivity index (χ4n) is 2.16. The van der Waals surface area contributed by atoms with Crippen LogP contribution >= 0.6 is 0 Å². The minimum atomic E-state index is -0.184. The highest BCUT2D eigenvalue weighted by Crippen LogP contribution is 2.24. The van der Waals surface area contributed by atoms with Crippen LogP contribution in [0.25, 0.3) is 0 Å². The van der Waals surface area contributed by atoms with E-state index >= 15 is 0 Å². The van der Waals surface area contributed by atoms with Crippen molar-refractivity contribution in [2.24, 2.45) is 5.92 Å². The van der Waals surface area contributed by atoms with Crippen molar-refractivity contribution in [3.05, 3.63) is 0 Å². The van der Waals surface area contributed by atoms with Gasteiger partial charge in [0.1, 0.15) is 0 Å². The van der Waals surface area contributed by atoms with Gasteiger partial charge in [-0.15, -0.1) is 0 Å². The van der Waals surface area contributed by atoms with Crippen LogP contribution in [0.4, 0.5) is 0 Å². The molecule has 0 heterocycles. The molecule has 0 aromatic rings. The van der Waals surface area contributed by atoms with E-state index < -0.39 is 0 Å². The third-order valence-corrected chi connectivity index (χ3v) is 2.62. The van der Waals surface area contributed by atoms with E-state index in [1.807, 2.05) is 6.92 Å². The summed E-state index contributed by atoms with van der Waals surface area (Å²) < 4.78 is 0. The van der Waals surface area contributed by atoms with Crippen LogP contribution in [0.1, 0.15) is 32.6 Å². The van der Waals surface area contributed by atoms with E-state index in [9.17, 15) is 0 Å². The molecular weight excluding hydrogens is 150 g/mol. The van der Waals surface area contributed by atoms with E-state index in [2.05, 4.69) is 11.9 Å². The second-order valence-electron chi connectivity index (χ2n) is 4.22. The largest absolute Gasteiger partial charge is 0.392 e. The second kappa shape index (κ2) is 4.83. The van der Waals surface area contributed by atoms with Crippen molar-refractivity contribution in [2.45, 2.75) is 38.7 Å². The van der Waals surface area contributed by atoms with Gasteiger partial charge in [0.25, 0.3) is 0 Å². The first-order valence-corrected chi connectivity index (χ1v) is 5.05. The molecule has 1 saturated carbocycles. The van der Waals surface area contributed by atoms with Gasteiger partial charge >= 0.3 is 0 Å². The molecule has 0 amide bonds. The molecule has 0 radical (unpaired) electrons. The fourth-order valence-corrected chi connectivity index (χ4v) is 2.16. The van der Waals surface area contributed by atoms with Crippen molar-refractivity contribution in [3.63, 3.8) is 0 Å². The summed E-state index contributed by atoms with van der Waals surface area (Å²) in [4.78, 5) is 2.25. The molecule has 1 aliphatic rings. The molecular formula is C10H21NO. The highest BCUT2D eigenvalue weighted by Gasteiger charge is 2.16. The van der Waals surface area contributed by atoms with Gasteiger partial charge in [-0.25, -0.2) is 0 Å². The molecule has 2 nitrogen and oxygen atoms in total. The number of hydrogen-bond donors (Lipinski definition) is 1. The molecule has 2 heteroatoms. The van der Waals surface area contributed by atoms with Crippen LogP contribution in [0.15, 0.2) is 0 Å². The normalized spacial score (nSPS) is 22.0. The van der Waals surface area contributed by atoms with Crippen molar-refractivity contribution in [1.82, 2.24) is 4.90 Å². The zero-order chi connectivity index (χ0) is 8.97. The minimum Gasteiger partial charge on any atom is -0.392 e. The zero-order valence-corrected chi connectivity index (χ0v) is 8.29. The summed E-state index contributed by atoms with van der Waals surface area (Å²) in [5.41, 5.74) is 0. The van der Waals surface area contributed by atoms with E-state index in [4.69, 9.17) is 5.11 Å². The Labute approximate surface area is 75.6 Å². The van der Waals surface area contributed by atoms with Gasteiger partial charge < -0.3 is 10.0 Å². The summed E-state index contributed by atoms with van der Waals surface area (Å²) in [6.45, 7) is 3.84. The SMILES string of the molecule is C[C@@H](O)CN(C)CC1CCCC1. The second-order valence-corrected chi connectivity index (χ2v) is 4.22. The third kappa shape index (κ3) is 3.55. The zero-order valence-electron chi connectivity index (χ0n) is 8.29. The maximum absolute atomic E-state index is 9.16. The van der Waals surface area contributed by atoms with E-state index in [0.29, 0.717) is 0 Å². The molecule has 12 heavy (non-hydrogen) atoms. The first-order valence-electron chi connectivity index (χ1n) is 5.05. The lowest BCUT2D eigenvalue weighted by Crippen LogP contribution is -2.31. The summed E-state index contributed by atoms with van der Waals surface area (Å²) in [6.07, 6.45) is 5.42. The van der Waals surface area contributed by atoms with Gasteiger partial charge in [0.15, 0.2) is 0 Å². The van der Waals surface area contributed by atoms with E-state index in [1.165, 1.54) is 32.2 Å². The molecule has 1 fully saturated rings. The van der Waals surface area contributed by atoms with Gasteiger partial charge in [-0.1, -0.05) is 12.8 Å². The molecule has 1 N–H and O–H groups in total. The van der Waals surface area contributed by atoms with E-state index in [0.717, 1.165) is 12.5 Å². The molecule has 0 aromatic heterocycles. The maximum atomic E-state index is 9.16. The van der Waals surface area contributed by atoms with Crippen LogP contribution in [0, 0.1) is 5.92 Å². The molecule has 0 aromatic carbocycles. The van der Waals surface area contributed by atoms with Gasteiger partial charge in [-0.3, -0.25) is 0 Å². The summed E-state index contributed by atoms with van der Waals surface area (Å²) >= 11 is 0. The molecule has 1 atom stereocenters. The van der Waals surface area contributed by atoms with E-state index in [1.54, 1.807) is 0 Å². The number of likely N-dealkylation sites (N-methyl/N-ethyl adjacent to an activating group) is 1. The molecule has 0 spiro atoms. The van der Waals surface area contributed by atoms with E-state index in [-0.39, 0.29) is 6.10 Å². The quantitative estimate of drug-likeness (QED) is 0.692. The molecule has 72 valence electrons. The van der Waals surface area contributed by atoms with Crippen LogP contribution in [0.2, 0.25) is 0 Å². The highest BCUT2D eigenvalue weighted by atomic mass is 16.3. The summed E-state index contributed by atoms with van der Waals surface area (Å²) in [7, 11) is 2.10. The molecule has 1 aliphatic carbocycles. The van der Waals surface area contributed by atoms with Crippen LogP contribution < -0.4 is 0 Å². The Kier molecular flexibility index (Phi) is 4.02. The van der Waals surface area contributed by atoms with Gasteiger partial charge in [-0.2, -0.15) is 0 Å². The number of rotatable bonds is 4. The Morgan fingerprint density at radius 3 is 2.50 bits per heavy atom. The molecule has 0 bridgehead atoms. The molecule has 0 saturated heterocycles. The van der Waals surface area contributed by atoms with Crippen LogP contribution in [-0.2, 0) is 0 Å². The Balaban J connectivity index is 2.11. The molecule has 0 unspecified atom stereocenters. The average Bonchev–Trinajstić information content (AvgIpc) is 2.37. The Bertz CT molecular complexity index is 119. The standard InChI is InChI=1S/C10H21NO/c1-9(12)7-11(2)8-10-5-3-4-6-10/h9-10,12H,3-8H2,1-2H3/t9-/m1/s1. The number of nitrogens with zero attached hydrogens (tertiary/aromatic N) is 1. The lowest BCUT2D eigenvalue weighted by atomic mass is 10.1. The monoisotopic (exact) mass is 171 g/mol. The van der Waals surface area contributed by atoms with Gasteiger partial charge in [-0.05, 0) is 32.7 Å². The van der Waals surface area contributed by atoms with Crippen LogP contribution in [-0.4, -0.2) is 36.2 Å². The number of aliphatic hydroxyl groups is 1. The van der Waals surface area contributed by atoms with Crippen molar-refractivity contribution < 1.29 is 5.11 Å². The number of hydrogen-bond acceptors (Lipinski definition) is 2. The van der Waals surface area contributed by atoms with Crippen molar-refractivity contribution in [1.29, 1.82) is 0 Å². The smallest absolute Gasteiger partial charge is 0.0638 e. The van der Waals surface area contributed by atoms with Gasteiger partial charge in [0.2, 0.25) is 0 Å². The first-order chi connectivity index (χ1) is 5.68. The molecule has 0 aliphatic heterocycles. The predicted molar refractivity (Wildman–Crippen MR) is 51.1 cm³/mol. The van der Waals surface area contributed by atoms with Crippen molar-refractivity contribution in [2.75, 3.05) is 20.1 Å². The average molecular weight is 171 g/mol. The van der Waals surface area contributed by atoms with Crippen LogP contribution in [0.5, 0.6) is 0 Å². The van der Waals surface area contributed by atoms with Gasteiger partial charge in [0.05, 0.1) is 6.10 Å². The Morgan fingerprint density at radius 2 is 2.00 bits per heavy atom. The topological polar surface area (TPSA) is 23.5 Å². The maximum Gasteiger partial charge on any atom is 0.0638 e.